The zero-order valence-electron chi connectivity index (χ0n) is 21.2. The van der Waals surface area contributed by atoms with Gasteiger partial charge in [-0.05, 0) is 53.3 Å². The van der Waals surface area contributed by atoms with E-state index >= 15 is 0 Å². The zero-order chi connectivity index (χ0) is 25.9. The van der Waals surface area contributed by atoms with Crippen LogP contribution in [-0.4, -0.2) is 35.9 Å². The van der Waals surface area contributed by atoms with E-state index < -0.39 is 6.04 Å². The first-order valence-electron chi connectivity index (χ1n) is 12.5. The Kier molecular flexibility index (Phi) is 10.4. The molecule has 0 aliphatic rings. The summed E-state index contributed by atoms with van der Waals surface area (Å²) in [6.07, 6.45) is 1.20. The van der Waals surface area contributed by atoms with Gasteiger partial charge in [-0.3, -0.25) is 9.59 Å². The van der Waals surface area contributed by atoms with Crippen LogP contribution in [0.25, 0.3) is 0 Å². The molecule has 36 heavy (non-hydrogen) atoms. The van der Waals surface area contributed by atoms with Gasteiger partial charge in [0.1, 0.15) is 11.8 Å². The van der Waals surface area contributed by atoms with Crippen LogP contribution >= 0.6 is 11.6 Å². The molecule has 0 aliphatic heterocycles. The summed E-state index contributed by atoms with van der Waals surface area (Å²) < 4.78 is 5.86. The molecule has 6 heteroatoms. The molecule has 0 bridgehead atoms. The second-order valence-corrected chi connectivity index (χ2v) is 9.60. The minimum absolute atomic E-state index is 0.173. The average Bonchev–Trinajstić information content (AvgIpc) is 2.88. The van der Waals surface area contributed by atoms with Crippen molar-refractivity contribution in [3.63, 3.8) is 0 Å². The number of hydrogen-bond donors (Lipinski definition) is 1. The van der Waals surface area contributed by atoms with E-state index in [1.807, 2.05) is 79.7 Å². The number of nitrogens with zero attached hydrogens (tertiary/aromatic N) is 1. The molecule has 0 saturated carbocycles. The number of halogens is 1. The fourth-order valence-corrected chi connectivity index (χ4v) is 4.14. The van der Waals surface area contributed by atoms with E-state index in [-0.39, 0.29) is 25.0 Å². The molecule has 1 N–H and O–H groups in total. The van der Waals surface area contributed by atoms with E-state index in [0.717, 1.165) is 17.5 Å². The molecule has 0 spiro atoms. The molecule has 2 amide bonds. The van der Waals surface area contributed by atoms with E-state index in [2.05, 4.69) is 19.2 Å². The van der Waals surface area contributed by atoms with Crippen molar-refractivity contribution < 1.29 is 14.3 Å². The Hall–Kier alpha value is -3.31. The third kappa shape index (κ3) is 8.13. The van der Waals surface area contributed by atoms with E-state index in [1.54, 1.807) is 11.0 Å². The second kappa shape index (κ2) is 13.7. The van der Waals surface area contributed by atoms with Gasteiger partial charge in [-0.1, -0.05) is 87.0 Å². The van der Waals surface area contributed by atoms with Gasteiger partial charge in [0, 0.05) is 24.5 Å². The highest BCUT2D eigenvalue weighted by Gasteiger charge is 2.30. The molecular formula is C30H35ClN2O3. The predicted octanol–water partition coefficient (Wildman–Crippen LogP) is 6.01. The molecule has 3 rings (SSSR count). The molecule has 5 nitrogen and oxygen atoms in total. The first-order chi connectivity index (χ1) is 17.4. The quantitative estimate of drug-likeness (QED) is 0.327. The lowest BCUT2D eigenvalue weighted by Crippen LogP contribution is -2.51. The fraction of sp³-hybridized carbons (Fsp3) is 0.333. The van der Waals surface area contributed by atoms with E-state index in [4.69, 9.17) is 16.3 Å². The molecule has 0 aliphatic carbocycles. The molecule has 0 fully saturated rings. The summed E-state index contributed by atoms with van der Waals surface area (Å²) in [6, 6.07) is 24.1. The highest BCUT2D eigenvalue weighted by atomic mass is 35.5. The minimum Gasteiger partial charge on any atom is -0.484 e. The zero-order valence-corrected chi connectivity index (χ0v) is 22.0. The maximum atomic E-state index is 13.6. The van der Waals surface area contributed by atoms with Crippen molar-refractivity contribution >= 4 is 23.4 Å². The summed E-state index contributed by atoms with van der Waals surface area (Å²) in [7, 11) is 0. The second-order valence-electron chi connectivity index (χ2n) is 9.16. The largest absolute Gasteiger partial charge is 0.484 e. The van der Waals surface area contributed by atoms with Crippen LogP contribution in [0.2, 0.25) is 5.02 Å². The molecule has 190 valence electrons. The summed E-state index contributed by atoms with van der Waals surface area (Å²) in [5.74, 6) is 0.576. The van der Waals surface area contributed by atoms with Crippen molar-refractivity contribution in [2.45, 2.75) is 52.1 Å². The van der Waals surface area contributed by atoms with E-state index in [9.17, 15) is 9.59 Å². The molecule has 0 unspecified atom stereocenters. The number of rotatable bonds is 12. The van der Waals surface area contributed by atoms with Crippen LogP contribution in [0.15, 0.2) is 78.9 Å². The number of hydrogen-bond acceptors (Lipinski definition) is 3. The first kappa shape index (κ1) is 27.3. The van der Waals surface area contributed by atoms with Crippen LogP contribution in [0.4, 0.5) is 0 Å². The average molecular weight is 507 g/mol. The molecule has 0 radical (unpaired) electrons. The maximum absolute atomic E-state index is 13.6. The van der Waals surface area contributed by atoms with Crippen molar-refractivity contribution in [3.8, 4) is 5.75 Å². The molecule has 1 atom stereocenters. The Balaban J connectivity index is 1.86. The molecule has 3 aromatic carbocycles. The van der Waals surface area contributed by atoms with Crippen molar-refractivity contribution in [2.24, 2.45) is 0 Å². The van der Waals surface area contributed by atoms with Crippen LogP contribution < -0.4 is 10.1 Å². The molecule has 0 heterocycles. The number of carbonyl (C=O) groups excluding carboxylic acids is 2. The Morgan fingerprint density at radius 1 is 0.944 bits per heavy atom. The van der Waals surface area contributed by atoms with Gasteiger partial charge in [-0.2, -0.15) is 0 Å². The monoisotopic (exact) mass is 506 g/mol. The summed E-state index contributed by atoms with van der Waals surface area (Å²) in [6.45, 7) is 6.87. The maximum Gasteiger partial charge on any atom is 0.261 e. The Labute approximate surface area is 219 Å². The van der Waals surface area contributed by atoms with Gasteiger partial charge in [-0.15, -0.1) is 0 Å². The molecule has 3 aromatic rings. The lowest BCUT2D eigenvalue weighted by Gasteiger charge is -2.31. The van der Waals surface area contributed by atoms with Crippen LogP contribution in [0.3, 0.4) is 0 Å². The summed E-state index contributed by atoms with van der Waals surface area (Å²) >= 11 is 6.22. The highest BCUT2D eigenvalue weighted by molar-refractivity contribution is 6.30. The summed E-state index contributed by atoms with van der Waals surface area (Å²) in [5, 5.41) is 3.56. The van der Waals surface area contributed by atoms with Crippen LogP contribution in [0.1, 0.15) is 49.8 Å². The number of benzene rings is 3. The molecule has 0 aromatic heterocycles. The van der Waals surface area contributed by atoms with Crippen LogP contribution in [0.5, 0.6) is 5.75 Å². The minimum atomic E-state index is -0.697. The highest BCUT2D eigenvalue weighted by Crippen LogP contribution is 2.20. The fourth-order valence-electron chi connectivity index (χ4n) is 3.93. The van der Waals surface area contributed by atoms with Crippen molar-refractivity contribution in [1.82, 2.24) is 10.2 Å². The standard InChI is InChI=1S/C30H35ClN2O3/c1-4-17-32-30(35)28(19-23-9-6-5-7-10-23)33(20-24-11-8-12-26(31)18-24)29(34)21-36-27-15-13-25(14-16-27)22(2)3/h5-16,18,22,28H,4,17,19-21H2,1-3H3,(H,32,35)/t28-/m0/s1. The Morgan fingerprint density at radius 2 is 1.64 bits per heavy atom. The topological polar surface area (TPSA) is 58.6 Å². The van der Waals surface area contributed by atoms with Crippen molar-refractivity contribution in [3.05, 3.63) is 101 Å². The number of nitrogens with one attached hydrogen (secondary N) is 1. The summed E-state index contributed by atoms with van der Waals surface area (Å²) in [4.78, 5) is 28.5. The summed E-state index contributed by atoms with van der Waals surface area (Å²) in [5.41, 5.74) is 3.02. The molecule has 0 saturated heterocycles. The van der Waals surface area contributed by atoms with Crippen molar-refractivity contribution in [1.29, 1.82) is 0 Å². The van der Waals surface area contributed by atoms with Gasteiger partial charge in [0.05, 0.1) is 0 Å². The van der Waals surface area contributed by atoms with Gasteiger partial charge in [-0.25, -0.2) is 0 Å². The van der Waals surface area contributed by atoms with Gasteiger partial charge in [0.25, 0.3) is 5.91 Å². The third-order valence-corrected chi connectivity index (χ3v) is 6.21. The van der Waals surface area contributed by atoms with Gasteiger partial charge < -0.3 is 15.0 Å². The lowest BCUT2D eigenvalue weighted by molar-refractivity contribution is -0.142. The predicted molar refractivity (Wildman–Crippen MR) is 145 cm³/mol. The van der Waals surface area contributed by atoms with Crippen LogP contribution in [0, 0.1) is 0 Å². The van der Waals surface area contributed by atoms with Crippen molar-refractivity contribution in [2.75, 3.05) is 13.2 Å². The number of amides is 2. The molecular weight excluding hydrogens is 472 g/mol. The number of carbonyl (C=O) groups is 2. The third-order valence-electron chi connectivity index (χ3n) is 5.97. The first-order valence-corrected chi connectivity index (χ1v) is 12.8. The van der Waals surface area contributed by atoms with E-state index in [0.29, 0.717) is 29.7 Å². The lowest BCUT2D eigenvalue weighted by atomic mass is 10.0. The SMILES string of the molecule is CCCNC(=O)[C@H](Cc1ccccc1)N(Cc1cccc(Cl)c1)C(=O)COc1ccc(C(C)C)cc1. The Morgan fingerprint density at radius 3 is 2.28 bits per heavy atom. The van der Waals surface area contributed by atoms with Crippen LogP contribution in [-0.2, 0) is 22.6 Å². The normalized spacial score (nSPS) is 11.7. The number of ether oxygens (including phenoxy) is 1. The van der Waals surface area contributed by atoms with Gasteiger partial charge in [0.15, 0.2) is 6.61 Å². The van der Waals surface area contributed by atoms with Gasteiger partial charge >= 0.3 is 0 Å². The Bertz CT molecular complexity index is 1120. The van der Waals surface area contributed by atoms with Gasteiger partial charge in [0.2, 0.25) is 5.91 Å². The smallest absolute Gasteiger partial charge is 0.261 e. The van der Waals surface area contributed by atoms with E-state index in [1.165, 1.54) is 5.56 Å².